The summed E-state index contributed by atoms with van der Waals surface area (Å²) in [5, 5.41) is 45.5. The summed E-state index contributed by atoms with van der Waals surface area (Å²) in [6.45, 7) is 5.22. The minimum atomic E-state index is -0.965. The zero-order valence-corrected chi connectivity index (χ0v) is 33.4. The first-order valence-electron chi connectivity index (χ1n) is 18.4. The lowest BCUT2D eigenvalue weighted by Crippen LogP contribution is -2.22. The van der Waals surface area contributed by atoms with Crippen LogP contribution in [0, 0.1) is 11.8 Å². The molecule has 292 valence electrons. The van der Waals surface area contributed by atoms with Crippen molar-refractivity contribution in [3.63, 3.8) is 0 Å². The van der Waals surface area contributed by atoms with Gasteiger partial charge < -0.3 is 35.6 Å². The third-order valence-corrected chi connectivity index (χ3v) is 11.1. The largest absolute Gasteiger partial charge is 0.508 e. The first kappa shape index (κ1) is 43.9. The molecule has 0 fully saturated rings. The lowest BCUT2D eigenvalue weighted by molar-refractivity contribution is -0.149. The molecule has 0 radical (unpaired) electrons. The van der Waals surface area contributed by atoms with Crippen molar-refractivity contribution in [2.75, 3.05) is 0 Å². The molecule has 6 rings (SSSR count). The summed E-state index contributed by atoms with van der Waals surface area (Å²) in [5.41, 5.74) is 7.26. The van der Waals surface area contributed by atoms with Gasteiger partial charge in [0.25, 0.3) is 0 Å². The van der Waals surface area contributed by atoms with Gasteiger partial charge in [-0.1, -0.05) is 52.4 Å². The standard InChI is InChI=1S/C39H55Cl4NO8/c1-22-10-4-6-12-26(15-9-17-34(42)43)36-31(48)20-28(21-32(36)49)38(52-39(44)50)23(2)11-5-7-13-25(14-8-16-33(40)41)35-29(46)18-27(19-30(35)47)37(22)51-24(3)45/h18-23,25-26,33-34,37-38,46-49H,4-17H2,1-3H3,(H2,44,50)/t22-,23-,25+,26+,37+,38+/m0/s1. The minimum Gasteiger partial charge on any atom is -0.508 e. The van der Waals surface area contributed by atoms with Crippen molar-refractivity contribution < 1.29 is 39.5 Å². The molecule has 0 unspecified atom stereocenters. The molecule has 0 saturated carbocycles. The summed E-state index contributed by atoms with van der Waals surface area (Å²) in [7, 11) is 0. The van der Waals surface area contributed by atoms with E-state index in [2.05, 4.69) is 0 Å². The Morgan fingerprint density at radius 1 is 0.673 bits per heavy atom. The lowest BCUT2D eigenvalue weighted by atomic mass is 9.83. The van der Waals surface area contributed by atoms with Crippen molar-refractivity contribution in [3.05, 3.63) is 46.5 Å². The molecule has 0 saturated heterocycles. The van der Waals surface area contributed by atoms with Crippen molar-refractivity contribution in [1.29, 1.82) is 0 Å². The number of benzene rings is 2. The highest BCUT2D eigenvalue weighted by molar-refractivity contribution is 6.44. The fraction of sp³-hybridized carbons (Fsp3) is 0.641. The van der Waals surface area contributed by atoms with E-state index in [0.717, 1.165) is 12.8 Å². The van der Waals surface area contributed by atoms with Crippen LogP contribution in [0.1, 0.15) is 157 Å². The number of phenolic OH excluding ortho intramolecular Hbond substituents is 4. The minimum absolute atomic E-state index is 0.0651. The van der Waals surface area contributed by atoms with E-state index in [0.29, 0.717) is 99.3 Å². The van der Waals surface area contributed by atoms with Gasteiger partial charge in [0, 0.05) is 29.2 Å². The number of alkyl halides is 4. The first-order valence-corrected chi connectivity index (χ1v) is 20.1. The maximum absolute atomic E-state index is 12.2. The van der Waals surface area contributed by atoms with Crippen LogP contribution in [0.5, 0.6) is 23.0 Å². The van der Waals surface area contributed by atoms with E-state index in [9.17, 15) is 30.0 Å². The van der Waals surface area contributed by atoms with Gasteiger partial charge in [0.1, 0.15) is 44.9 Å². The number of nitrogens with two attached hydrogens (primary N) is 1. The van der Waals surface area contributed by atoms with Crippen molar-refractivity contribution in [1.82, 2.24) is 0 Å². The number of ether oxygens (including phenoxy) is 2. The number of carbonyl (C=O) groups excluding carboxylic acids is 2. The Kier molecular flexibility index (Phi) is 18.1. The van der Waals surface area contributed by atoms with E-state index in [-0.39, 0.29) is 46.7 Å². The summed E-state index contributed by atoms with van der Waals surface area (Å²) >= 11 is 24.1. The maximum Gasteiger partial charge on any atom is 0.405 e. The molecule has 0 aliphatic heterocycles. The molecule has 0 heterocycles. The highest BCUT2D eigenvalue weighted by Gasteiger charge is 2.30. The molecular weight excluding hydrogens is 752 g/mol. The van der Waals surface area contributed by atoms with E-state index in [1.54, 1.807) is 24.3 Å². The molecule has 2 aromatic rings. The molecule has 6 N–H and O–H groups in total. The van der Waals surface area contributed by atoms with E-state index in [1.165, 1.54) is 6.92 Å². The second-order valence-electron chi connectivity index (χ2n) is 14.4. The van der Waals surface area contributed by atoms with Gasteiger partial charge in [-0.25, -0.2) is 4.79 Å². The number of carbonyl (C=O) groups is 2. The summed E-state index contributed by atoms with van der Waals surface area (Å²) in [6, 6.07) is 6.26. The number of halogens is 4. The molecule has 52 heavy (non-hydrogen) atoms. The van der Waals surface area contributed by atoms with Crippen LogP contribution in [0.2, 0.25) is 0 Å². The first-order chi connectivity index (χ1) is 24.6. The highest BCUT2D eigenvalue weighted by atomic mass is 35.5. The topological polar surface area (TPSA) is 160 Å². The van der Waals surface area contributed by atoms with E-state index in [4.69, 9.17) is 61.6 Å². The number of rotatable bonds is 10. The molecule has 4 aliphatic rings. The lowest BCUT2D eigenvalue weighted by Gasteiger charge is -2.28. The number of phenols is 4. The van der Waals surface area contributed by atoms with Crippen LogP contribution in [-0.4, -0.2) is 42.2 Å². The highest BCUT2D eigenvalue weighted by Crippen LogP contribution is 2.46. The zero-order chi connectivity index (χ0) is 38.5. The Labute approximate surface area is 328 Å². The fourth-order valence-corrected chi connectivity index (χ4v) is 8.32. The van der Waals surface area contributed by atoms with Crippen molar-refractivity contribution in [2.45, 2.75) is 144 Å². The Balaban J connectivity index is 2.04. The molecule has 0 spiro atoms. The van der Waals surface area contributed by atoms with Gasteiger partial charge >= 0.3 is 12.1 Å². The summed E-state index contributed by atoms with van der Waals surface area (Å²) in [4.78, 5) is 23.2. The Bertz CT molecular complexity index is 1300. The van der Waals surface area contributed by atoms with Gasteiger partial charge in [0.05, 0.1) is 0 Å². The quantitative estimate of drug-likeness (QED) is 0.117. The van der Waals surface area contributed by atoms with Crippen LogP contribution in [0.25, 0.3) is 0 Å². The number of primary amides is 1. The third kappa shape index (κ3) is 13.4. The predicted octanol–water partition coefficient (Wildman–Crippen LogP) is 11.5. The average Bonchev–Trinajstić information content (AvgIpc) is 3.03. The number of esters is 1. The molecule has 4 aliphatic carbocycles. The number of aromatic hydroxyl groups is 4. The number of hydrogen-bond acceptors (Lipinski definition) is 8. The van der Waals surface area contributed by atoms with Gasteiger partial charge in [0.2, 0.25) is 0 Å². The zero-order valence-electron chi connectivity index (χ0n) is 30.3. The molecule has 0 aromatic heterocycles. The molecule has 9 nitrogen and oxygen atoms in total. The summed E-state index contributed by atoms with van der Waals surface area (Å²) in [6.07, 6.45) is 6.57. The molecule has 6 atom stereocenters. The number of hydrogen-bond donors (Lipinski definition) is 5. The van der Waals surface area contributed by atoms with E-state index in [1.807, 2.05) is 13.8 Å². The molecule has 4 bridgehead atoms. The van der Waals surface area contributed by atoms with Crippen molar-refractivity contribution in [3.8, 4) is 23.0 Å². The van der Waals surface area contributed by atoms with Crippen LogP contribution in [-0.2, 0) is 14.3 Å². The Morgan fingerprint density at radius 2 is 1.02 bits per heavy atom. The van der Waals surface area contributed by atoms with Gasteiger partial charge in [-0.2, -0.15) is 0 Å². The van der Waals surface area contributed by atoms with Crippen LogP contribution in [0.4, 0.5) is 4.79 Å². The summed E-state index contributed by atoms with van der Waals surface area (Å²) < 4.78 is 11.3. The van der Waals surface area contributed by atoms with Crippen molar-refractivity contribution >= 4 is 58.5 Å². The van der Waals surface area contributed by atoms with Crippen LogP contribution in [0.3, 0.4) is 0 Å². The SMILES string of the molecule is CC(=O)O[C@H]1c2cc(O)c(c(O)c2)[C@@H](CCCC(Cl)Cl)CCCC[C@H](C)[C@@H](OC(N)=O)c2cc(O)c(c(O)c2)[C@@H](CCCC(Cl)Cl)CCCC[C@@H]1C. The van der Waals surface area contributed by atoms with Gasteiger partial charge in [-0.15, -0.1) is 46.4 Å². The summed E-state index contributed by atoms with van der Waals surface area (Å²) in [5.74, 6) is -1.62. The van der Waals surface area contributed by atoms with Crippen LogP contribution in [0.15, 0.2) is 24.3 Å². The van der Waals surface area contributed by atoms with E-state index < -0.39 is 33.9 Å². The van der Waals surface area contributed by atoms with Crippen LogP contribution >= 0.6 is 46.4 Å². The molecular formula is C39H55Cl4NO8. The molecule has 13 heteroatoms. The van der Waals surface area contributed by atoms with Gasteiger partial charge in [0.15, 0.2) is 0 Å². The van der Waals surface area contributed by atoms with Crippen LogP contribution < -0.4 is 5.73 Å². The van der Waals surface area contributed by atoms with E-state index >= 15 is 0 Å². The maximum atomic E-state index is 12.2. The average molecular weight is 808 g/mol. The number of amides is 1. The monoisotopic (exact) mass is 805 g/mol. The third-order valence-electron chi connectivity index (χ3n) is 10.2. The van der Waals surface area contributed by atoms with Crippen molar-refractivity contribution in [2.24, 2.45) is 17.6 Å². The molecule has 1 amide bonds. The fourth-order valence-electron chi connectivity index (χ4n) is 7.70. The predicted molar refractivity (Wildman–Crippen MR) is 207 cm³/mol. The Hall–Kier alpha value is -2.46. The van der Waals surface area contributed by atoms with Gasteiger partial charge in [-0.3, -0.25) is 4.79 Å². The second-order valence-corrected chi connectivity index (χ2v) is 16.9. The van der Waals surface area contributed by atoms with Gasteiger partial charge in [-0.05, 0) is 99.3 Å². The second kappa shape index (κ2) is 21.4. The smallest absolute Gasteiger partial charge is 0.405 e. The normalized spacial score (nSPS) is 23.6. The molecule has 2 aromatic carbocycles. The Morgan fingerprint density at radius 3 is 1.35 bits per heavy atom.